The fraction of sp³-hybridized carbons (Fsp3) is 0.316. The van der Waals surface area contributed by atoms with E-state index in [2.05, 4.69) is 17.4 Å². The Morgan fingerprint density at radius 2 is 1.70 bits per heavy atom. The number of ether oxygens (including phenoxy) is 2. The monoisotopic (exact) mass is 313 g/mol. The van der Waals surface area contributed by atoms with Crippen LogP contribution in [0.3, 0.4) is 0 Å². The van der Waals surface area contributed by atoms with Crippen molar-refractivity contribution >= 4 is 11.6 Å². The van der Waals surface area contributed by atoms with Gasteiger partial charge in [-0.15, -0.1) is 0 Å². The van der Waals surface area contributed by atoms with Crippen LogP contribution in [0.15, 0.2) is 30.3 Å². The molecule has 0 aliphatic rings. The van der Waals surface area contributed by atoms with Gasteiger partial charge in [0.2, 0.25) is 0 Å². The molecule has 2 aromatic carbocycles. The third-order valence-corrected chi connectivity index (χ3v) is 3.76. The average Bonchev–Trinajstić information content (AvgIpc) is 2.51. The van der Waals surface area contributed by atoms with Crippen molar-refractivity contribution in [1.29, 1.82) is 0 Å². The highest BCUT2D eigenvalue weighted by Gasteiger charge is 2.13. The molecule has 1 N–H and O–H groups in total. The molecule has 0 spiro atoms. The molecule has 0 unspecified atom stereocenters. The molecule has 0 bridgehead atoms. The zero-order valence-electron chi connectivity index (χ0n) is 14.3. The summed E-state index contributed by atoms with van der Waals surface area (Å²) in [4.78, 5) is 12.6. The maximum Gasteiger partial charge on any atom is 0.255 e. The second-order valence-electron chi connectivity index (χ2n) is 5.69. The van der Waals surface area contributed by atoms with Gasteiger partial charge in [-0.1, -0.05) is 17.7 Å². The van der Waals surface area contributed by atoms with Crippen LogP contribution >= 0.6 is 0 Å². The predicted octanol–water partition coefficient (Wildman–Crippen LogP) is 4.02. The predicted molar refractivity (Wildman–Crippen MR) is 92.3 cm³/mol. The van der Waals surface area contributed by atoms with Crippen LogP contribution in [-0.4, -0.2) is 20.1 Å². The van der Waals surface area contributed by atoms with Gasteiger partial charge >= 0.3 is 0 Å². The lowest BCUT2D eigenvalue weighted by atomic mass is 10.0. The van der Waals surface area contributed by atoms with Crippen LogP contribution in [0.1, 0.15) is 32.6 Å². The summed E-state index contributed by atoms with van der Waals surface area (Å²) in [5.41, 5.74) is 5.59. The number of hydrogen-bond donors (Lipinski definition) is 1. The van der Waals surface area contributed by atoms with E-state index in [0.29, 0.717) is 17.9 Å². The van der Waals surface area contributed by atoms with Crippen LogP contribution in [0, 0.1) is 20.8 Å². The minimum atomic E-state index is -0.139. The Labute approximate surface area is 137 Å². The minimum Gasteiger partial charge on any atom is -0.496 e. The Bertz CT molecular complexity index is 700. The summed E-state index contributed by atoms with van der Waals surface area (Å²) < 4.78 is 10.5. The van der Waals surface area contributed by atoms with Gasteiger partial charge in [-0.2, -0.15) is 0 Å². The summed E-state index contributed by atoms with van der Waals surface area (Å²) in [6.45, 7) is 6.44. The van der Waals surface area contributed by atoms with Gasteiger partial charge in [0.05, 0.1) is 13.7 Å². The van der Waals surface area contributed by atoms with Gasteiger partial charge in [-0.25, -0.2) is 0 Å². The molecule has 4 nitrogen and oxygen atoms in total. The molecule has 2 aromatic rings. The highest BCUT2D eigenvalue weighted by Crippen LogP contribution is 2.24. The molecule has 1 amide bonds. The Kier molecular flexibility index (Phi) is 5.40. The quantitative estimate of drug-likeness (QED) is 0.907. The average molecular weight is 313 g/mol. The third-order valence-electron chi connectivity index (χ3n) is 3.76. The maximum atomic E-state index is 12.6. The molecular formula is C19H23NO3. The van der Waals surface area contributed by atoms with E-state index in [1.54, 1.807) is 32.4 Å². The highest BCUT2D eigenvalue weighted by molar-refractivity contribution is 6.05. The lowest BCUT2D eigenvalue weighted by molar-refractivity contribution is 0.102. The first-order valence-corrected chi connectivity index (χ1v) is 7.51. The number of rotatable bonds is 5. The van der Waals surface area contributed by atoms with Crippen molar-refractivity contribution in [3.63, 3.8) is 0 Å². The molecule has 0 radical (unpaired) electrons. The minimum absolute atomic E-state index is 0.139. The third kappa shape index (κ3) is 3.90. The summed E-state index contributed by atoms with van der Waals surface area (Å²) in [6.07, 6.45) is 0. The Balaban J connectivity index is 2.29. The summed E-state index contributed by atoms with van der Waals surface area (Å²) in [6, 6.07) is 9.47. The number of amides is 1. The van der Waals surface area contributed by atoms with Gasteiger partial charge in [-0.05, 0) is 50.1 Å². The number of anilines is 1. The van der Waals surface area contributed by atoms with Crippen molar-refractivity contribution in [3.8, 4) is 5.75 Å². The Morgan fingerprint density at radius 3 is 2.26 bits per heavy atom. The van der Waals surface area contributed by atoms with Gasteiger partial charge in [0.1, 0.15) is 5.75 Å². The lowest BCUT2D eigenvalue weighted by Gasteiger charge is -2.14. The Morgan fingerprint density at radius 1 is 1.04 bits per heavy atom. The summed E-state index contributed by atoms with van der Waals surface area (Å²) in [5, 5.41) is 3.01. The maximum absolute atomic E-state index is 12.6. The molecule has 23 heavy (non-hydrogen) atoms. The first kappa shape index (κ1) is 17.0. The lowest BCUT2D eigenvalue weighted by Crippen LogP contribution is -2.14. The standard InChI is InChI=1S/C19H23NO3/c1-12-8-13(2)18(14(3)9-12)20-19(21)15-6-7-17(23-5)16(10-15)11-22-4/h6-10H,11H2,1-5H3,(H,20,21). The number of carbonyl (C=O) groups excluding carboxylic acids is 1. The molecule has 0 saturated heterocycles. The van der Waals surface area contributed by atoms with Gasteiger partial charge in [-0.3, -0.25) is 4.79 Å². The zero-order chi connectivity index (χ0) is 17.0. The molecule has 122 valence electrons. The molecule has 0 saturated carbocycles. The van der Waals surface area contributed by atoms with Crippen LogP contribution < -0.4 is 10.1 Å². The first-order chi connectivity index (χ1) is 11.0. The van der Waals surface area contributed by atoms with E-state index in [1.165, 1.54) is 5.56 Å². The summed E-state index contributed by atoms with van der Waals surface area (Å²) in [5.74, 6) is 0.575. The second kappa shape index (κ2) is 7.29. The van der Waals surface area contributed by atoms with Gasteiger partial charge in [0, 0.05) is 23.9 Å². The van der Waals surface area contributed by atoms with E-state index in [9.17, 15) is 4.79 Å². The van der Waals surface area contributed by atoms with Crippen LogP contribution in [0.5, 0.6) is 5.75 Å². The largest absolute Gasteiger partial charge is 0.496 e. The van der Waals surface area contributed by atoms with E-state index in [0.717, 1.165) is 22.4 Å². The number of nitrogens with one attached hydrogen (secondary N) is 1. The van der Waals surface area contributed by atoms with Crippen molar-refractivity contribution in [2.75, 3.05) is 19.5 Å². The van der Waals surface area contributed by atoms with Gasteiger partial charge in [0.25, 0.3) is 5.91 Å². The van der Waals surface area contributed by atoms with Crippen LogP contribution in [0.2, 0.25) is 0 Å². The van der Waals surface area contributed by atoms with Crippen molar-refractivity contribution in [2.24, 2.45) is 0 Å². The molecule has 0 aliphatic heterocycles. The summed E-state index contributed by atoms with van der Waals surface area (Å²) >= 11 is 0. The van der Waals surface area contributed by atoms with Crippen molar-refractivity contribution in [2.45, 2.75) is 27.4 Å². The van der Waals surface area contributed by atoms with Gasteiger partial charge in [0.15, 0.2) is 0 Å². The van der Waals surface area contributed by atoms with Crippen molar-refractivity contribution < 1.29 is 14.3 Å². The molecule has 4 heteroatoms. The normalized spacial score (nSPS) is 10.5. The SMILES string of the molecule is COCc1cc(C(=O)Nc2c(C)cc(C)cc2C)ccc1OC. The molecule has 0 aliphatic carbocycles. The number of hydrogen-bond acceptors (Lipinski definition) is 3. The Hall–Kier alpha value is -2.33. The van der Waals surface area contributed by atoms with Crippen LogP contribution in [-0.2, 0) is 11.3 Å². The fourth-order valence-electron chi connectivity index (χ4n) is 2.75. The molecule has 0 heterocycles. The molecule has 0 aromatic heterocycles. The van der Waals surface area contributed by atoms with Crippen molar-refractivity contribution in [1.82, 2.24) is 0 Å². The zero-order valence-corrected chi connectivity index (χ0v) is 14.3. The number of aryl methyl sites for hydroxylation is 3. The molecular weight excluding hydrogens is 290 g/mol. The van der Waals surface area contributed by atoms with E-state index in [4.69, 9.17) is 9.47 Å². The van der Waals surface area contributed by atoms with Gasteiger partial charge < -0.3 is 14.8 Å². The molecule has 2 rings (SSSR count). The van der Waals surface area contributed by atoms with Crippen LogP contribution in [0.4, 0.5) is 5.69 Å². The van der Waals surface area contributed by atoms with Crippen molar-refractivity contribution in [3.05, 3.63) is 58.1 Å². The number of methoxy groups -OCH3 is 2. The van der Waals surface area contributed by atoms with E-state index >= 15 is 0 Å². The number of benzene rings is 2. The topological polar surface area (TPSA) is 47.6 Å². The van der Waals surface area contributed by atoms with E-state index < -0.39 is 0 Å². The van der Waals surface area contributed by atoms with Crippen LogP contribution in [0.25, 0.3) is 0 Å². The highest BCUT2D eigenvalue weighted by atomic mass is 16.5. The first-order valence-electron chi connectivity index (χ1n) is 7.51. The van der Waals surface area contributed by atoms with E-state index in [1.807, 2.05) is 20.8 Å². The molecule has 0 atom stereocenters. The molecule has 0 fully saturated rings. The summed E-state index contributed by atoms with van der Waals surface area (Å²) in [7, 11) is 3.22. The second-order valence-corrected chi connectivity index (χ2v) is 5.69. The van der Waals surface area contributed by atoms with E-state index in [-0.39, 0.29) is 5.91 Å². The smallest absolute Gasteiger partial charge is 0.255 e. The fourth-order valence-corrected chi connectivity index (χ4v) is 2.75. The number of carbonyl (C=O) groups is 1.